The van der Waals surface area contributed by atoms with Crippen molar-refractivity contribution in [3.8, 4) is 0 Å². The standard InChI is InChI=1S/C27H34F2O13S/c1-10(27(28,29)43(34,35)36)37-16(30)3-4-17(31)40-23-21-18(19-22(41-21)24(23)42-26(19)33)25(32)39-11(2)38-20-14-6-12-5-13(8-14)9-15(20)7-12/h10-15,18-24H,3-9H2,1-2H3,(H,34,35,36). The van der Waals surface area contributed by atoms with Gasteiger partial charge in [-0.15, -0.1) is 0 Å². The highest BCUT2D eigenvalue weighted by Crippen LogP contribution is 2.55. The average Bonchev–Trinajstić information content (AvgIpc) is 3.52. The van der Waals surface area contributed by atoms with Gasteiger partial charge in [0.05, 0.1) is 18.9 Å². The fraction of sp³-hybridized carbons (Fsp3) is 0.852. The molecule has 6 bridgehead atoms. The van der Waals surface area contributed by atoms with E-state index >= 15 is 0 Å². The lowest BCUT2D eigenvalue weighted by molar-refractivity contribution is -0.223. The van der Waals surface area contributed by atoms with Crippen LogP contribution in [0.5, 0.6) is 0 Å². The molecule has 240 valence electrons. The molecule has 3 saturated heterocycles. The van der Waals surface area contributed by atoms with Crippen LogP contribution in [0.15, 0.2) is 0 Å². The van der Waals surface area contributed by atoms with Crippen molar-refractivity contribution in [1.82, 2.24) is 0 Å². The first-order valence-electron chi connectivity index (χ1n) is 14.6. The molecule has 7 aliphatic rings. The minimum Gasteiger partial charge on any atom is -0.455 e. The Morgan fingerprint density at radius 3 is 2.14 bits per heavy atom. The molecule has 7 rings (SSSR count). The first kappa shape index (κ1) is 30.6. The molecule has 0 aromatic rings. The topological polar surface area (TPSA) is 178 Å². The van der Waals surface area contributed by atoms with Crippen LogP contribution in [-0.2, 0) is 57.7 Å². The average molecular weight is 637 g/mol. The number of rotatable bonds is 11. The number of ether oxygens (including phenoxy) is 6. The van der Waals surface area contributed by atoms with Crippen LogP contribution in [0, 0.1) is 35.5 Å². The zero-order valence-electron chi connectivity index (χ0n) is 23.5. The summed E-state index contributed by atoms with van der Waals surface area (Å²) in [4.78, 5) is 50.4. The number of fused-ring (bicyclic) bond motifs is 1. The van der Waals surface area contributed by atoms with E-state index in [9.17, 15) is 36.4 Å². The minimum absolute atomic E-state index is 0.00959. The van der Waals surface area contributed by atoms with Gasteiger partial charge in [-0.25, -0.2) is 0 Å². The Kier molecular flexibility index (Phi) is 7.74. The van der Waals surface area contributed by atoms with E-state index in [1.807, 2.05) is 0 Å². The van der Waals surface area contributed by atoms with Gasteiger partial charge in [0, 0.05) is 0 Å². The van der Waals surface area contributed by atoms with E-state index < -0.39 is 101 Å². The molecule has 8 atom stereocenters. The molecule has 0 amide bonds. The quantitative estimate of drug-likeness (QED) is 0.150. The van der Waals surface area contributed by atoms with E-state index in [0.29, 0.717) is 18.8 Å². The second kappa shape index (κ2) is 10.9. The lowest BCUT2D eigenvalue weighted by atomic mass is 9.55. The van der Waals surface area contributed by atoms with Gasteiger partial charge in [-0.3, -0.25) is 23.7 Å². The fourth-order valence-electron chi connectivity index (χ4n) is 8.28. The predicted octanol–water partition coefficient (Wildman–Crippen LogP) is 1.76. The van der Waals surface area contributed by atoms with Gasteiger partial charge >= 0.3 is 39.2 Å². The van der Waals surface area contributed by atoms with Crippen LogP contribution in [0.1, 0.15) is 58.8 Å². The number of alkyl halides is 2. The largest absolute Gasteiger partial charge is 0.455 e. The van der Waals surface area contributed by atoms with Gasteiger partial charge < -0.3 is 28.4 Å². The summed E-state index contributed by atoms with van der Waals surface area (Å²) in [6.07, 6.45) is -3.10. The number of hydrogen-bond donors (Lipinski definition) is 1. The van der Waals surface area contributed by atoms with Gasteiger partial charge in [-0.1, -0.05) is 0 Å². The number of hydrogen-bond acceptors (Lipinski definition) is 12. The Hall–Kier alpha value is -2.43. The van der Waals surface area contributed by atoms with Crippen LogP contribution in [-0.4, -0.2) is 85.0 Å². The molecule has 0 spiro atoms. The molecule has 4 saturated carbocycles. The molecule has 16 heteroatoms. The maximum absolute atomic E-state index is 13.6. The molecule has 3 heterocycles. The highest BCUT2D eigenvalue weighted by atomic mass is 32.2. The summed E-state index contributed by atoms with van der Waals surface area (Å²) in [5.41, 5.74) is 0. The Balaban J connectivity index is 1.03. The summed E-state index contributed by atoms with van der Waals surface area (Å²) < 4.78 is 90.2. The second-order valence-electron chi connectivity index (χ2n) is 12.7. The zero-order valence-corrected chi connectivity index (χ0v) is 24.3. The summed E-state index contributed by atoms with van der Waals surface area (Å²) in [6.45, 7) is 2.20. The van der Waals surface area contributed by atoms with E-state index in [0.717, 1.165) is 37.5 Å². The summed E-state index contributed by atoms with van der Waals surface area (Å²) in [7, 11) is -5.84. The number of halogens is 2. The molecule has 0 aromatic carbocycles. The third-order valence-electron chi connectivity index (χ3n) is 9.87. The molecule has 3 aliphatic heterocycles. The molecule has 1 N–H and O–H groups in total. The fourth-order valence-corrected chi connectivity index (χ4v) is 8.74. The molecule has 0 radical (unpaired) electrons. The number of carbonyl (C=O) groups is 4. The molecule has 8 unspecified atom stereocenters. The van der Waals surface area contributed by atoms with Crippen LogP contribution in [0.4, 0.5) is 8.78 Å². The maximum Gasteiger partial charge on any atom is 0.405 e. The lowest BCUT2D eigenvalue weighted by Crippen LogP contribution is -2.51. The Labute approximate surface area is 245 Å². The summed E-state index contributed by atoms with van der Waals surface area (Å²) >= 11 is 0. The van der Waals surface area contributed by atoms with E-state index in [2.05, 4.69) is 4.74 Å². The van der Waals surface area contributed by atoms with Gasteiger partial charge in [0.2, 0.25) is 0 Å². The molecular formula is C27H34F2O13S. The predicted molar refractivity (Wildman–Crippen MR) is 134 cm³/mol. The van der Waals surface area contributed by atoms with Crippen LogP contribution in [0.3, 0.4) is 0 Å². The van der Waals surface area contributed by atoms with Crippen molar-refractivity contribution >= 4 is 34.0 Å². The first-order valence-corrected chi connectivity index (χ1v) is 16.0. The minimum atomic E-state index is -5.84. The Morgan fingerprint density at radius 2 is 1.53 bits per heavy atom. The maximum atomic E-state index is 13.6. The summed E-state index contributed by atoms with van der Waals surface area (Å²) in [5.74, 6) is -3.47. The Bertz CT molecular complexity index is 1260. The van der Waals surface area contributed by atoms with Gasteiger partial charge in [0.25, 0.3) is 0 Å². The van der Waals surface area contributed by atoms with E-state index in [-0.39, 0.29) is 6.10 Å². The first-order chi connectivity index (χ1) is 20.1. The van der Waals surface area contributed by atoms with Crippen molar-refractivity contribution < 1.29 is 69.4 Å². The van der Waals surface area contributed by atoms with Crippen molar-refractivity contribution in [1.29, 1.82) is 0 Å². The van der Waals surface area contributed by atoms with Crippen molar-refractivity contribution in [3.63, 3.8) is 0 Å². The van der Waals surface area contributed by atoms with Crippen molar-refractivity contribution in [2.45, 2.75) is 107 Å². The third-order valence-corrected chi connectivity index (χ3v) is 10.9. The van der Waals surface area contributed by atoms with Crippen LogP contribution < -0.4 is 0 Å². The molecule has 4 aliphatic carbocycles. The van der Waals surface area contributed by atoms with E-state index in [1.165, 1.54) is 6.42 Å². The third kappa shape index (κ3) is 5.41. The van der Waals surface area contributed by atoms with Gasteiger partial charge in [-0.05, 0) is 69.6 Å². The lowest BCUT2D eigenvalue weighted by Gasteiger charge is -2.54. The smallest absolute Gasteiger partial charge is 0.405 e. The normalized spacial score (nSPS) is 40.2. The molecule has 7 fully saturated rings. The molecule has 13 nitrogen and oxygen atoms in total. The number of carbonyl (C=O) groups excluding carboxylic acids is 4. The molecule has 43 heavy (non-hydrogen) atoms. The highest BCUT2D eigenvalue weighted by molar-refractivity contribution is 7.86. The summed E-state index contributed by atoms with van der Waals surface area (Å²) in [5, 5.41) is -4.76. The molecular weight excluding hydrogens is 602 g/mol. The van der Waals surface area contributed by atoms with Crippen LogP contribution in [0.25, 0.3) is 0 Å². The van der Waals surface area contributed by atoms with Gasteiger partial charge in [0.1, 0.15) is 24.0 Å². The summed E-state index contributed by atoms with van der Waals surface area (Å²) in [6, 6.07) is 0. The van der Waals surface area contributed by atoms with E-state index in [4.69, 9.17) is 28.2 Å². The van der Waals surface area contributed by atoms with E-state index in [1.54, 1.807) is 6.92 Å². The second-order valence-corrected chi connectivity index (χ2v) is 14.2. The SMILES string of the molecule is CC(OC(=O)C1C2OC3C(OC(=O)C31)C2OC(=O)CCC(=O)OC(C)C(F)(F)S(=O)(=O)O)OC1C2CC3CC(C2)CC1C3. The number of esters is 4. The van der Waals surface area contributed by atoms with Gasteiger partial charge in [0.15, 0.2) is 24.6 Å². The molecule has 0 aromatic heterocycles. The van der Waals surface area contributed by atoms with Crippen molar-refractivity contribution in [3.05, 3.63) is 0 Å². The van der Waals surface area contributed by atoms with Crippen LogP contribution >= 0.6 is 0 Å². The highest BCUT2D eigenvalue weighted by Gasteiger charge is 2.72. The zero-order chi connectivity index (χ0) is 31.0. The Morgan fingerprint density at radius 1 is 0.930 bits per heavy atom. The van der Waals surface area contributed by atoms with Crippen molar-refractivity contribution in [2.24, 2.45) is 35.5 Å². The van der Waals surface area contributed by atoms with Crippen LogP contribution in [0.2, 0.25) is 0 Å². The monoisotopic (exact) mass is 636 g/mol. The van der Waals surface area contributed by atoms with Gasteiger partial charge in [-0.2, -0.15) is 17.2 Å². The van der Waals surface area contributed by atoms with Crippen molar-refractivity contribution in [2.75, 3.05) is 0 Å².